The van der Waals surface area contributed by atoms with Crippen LogP contribution in [-0.2, 0) is 4.74 Å². The molecule has 1 aliphatic rings. The van der Waals surface area contributed by atoms with E-state index < -0.39 is 5.82 Å². The third kappa shape index (κ3) is 2.96. The van der Waals surface area contributed by atoms with Crippen molar-refractivity contribution in [2.24, 2.45) is 0 Å². The number of carbonyl (C=O) groups is 1. The van der Waals surface area contributed by atoms with Gasteiger partial charge in [0.05, 0.1) is 24.1 Å². The van der Waals surface area contributed by atoms with Crippen LogP contribution in [0.2, 0.25) is 0 Å². The molecule has 3 rings (SSSR count). The van der Waals surface area contributed by atoms with Gasteiger partial charge in [0.25, 0.3) is 0 Å². The Kier molecular flexibility index (Phi) is 4.48. The number of carbonyl (C=O) groups excluding carboxylic acids is 1. The zero-order valence-electron chi connectivity index (χ0n) is 13.9. The summed E-state index contributed by atoms with van der Waals surface area (Å²) in [7, 11) is 1.63. The van der Waals surface area contributed by atoms with Crippen molar-refractivity contribution >= 4 is 12.0 Å². The predicted octanol–water partition coefficient (Wildman–Crippen LogP) is 3.85. The lowest BCUT2D eigenvalue weighted by atomic mass is 10.1. The maximum Gasteiger partial charge on any atom is 0.170 e. The average molecular weight is 337 g/mol. The fourth-order valence-corrected chi connectivity index (χ4v) is 2.88. The number of methoxy groups -OCH3 is 1. The van der Waals surface area contributed by atoms with Gasteiger partial charge in [-0.3, -0.25) is 4.79 Å². The molecule has 1 aliphatic carbocycles. The Balaban J connectivity index is 2.17. The molecule has 0 unspecified atom stereocenters. The van der Waals surface area contributed by atoms with E-state index in [0.717, 1.165) is 17.9 Å². The summed E-state index contributed by atoms with van der Waals surface area (Å²) in [4.78, 5) is 15.7. The van der Waals surface area contributed by atoms with Crippen LogP contribution in [0, 0.1) is 24.1 Å². The van der Waals surface area contributed by atoms with Gasteiger partial charge in [0.2, 0.25) is 0 Å². The van der Waals surface area contributed by atoms with Crippen molar-refractivity contribution in [2.75, 3.05) is 7.11 Å². The molecule has 5 nitrogen and oxygen atoms in total. The second-order valence-electron chi connectivity index (χ2n) is 5.66. The highest BCUT2D eigenvalue weighted by Gasteiger charge is 2.20. The first-order chi connectivity index (χ1) is 12.1. The summed E-state index contributed by atoms with van der Waals surface area (Å²) in [6, 6.07) is 6.12. The summed E-state index contributed by atoms with van der Waals surface area (Å²) in [5.74, 6) is 0.741. The summed E-state index contributed by atoms with van der Waals surface area (Å²) in [5, 5.41) is 8.89. The van der Waals surface area contributed by atoms with Gasteiger partial charge < -0.3 is 9.30 Å². The topological polar surface area (TPSA) is 67.9 Å². The zero-order chi connectivity index (χ0) is 18.0. The molecule has 126 valence electrons. The minimum absolute atomic E-state index is 0.0289. The summed E-state index contributed by atoms with van der Waals surface area (Å²) in [6.45, 7) is 1.80. The number of nitriles is 1. The molecular formula is C19H16FN3O2. The van der Waals surface area contributed by atoms with E-state index in [0.29, 0.717) is 35.5 Å². The Labute approximate surface area is 144 Å². The second-order valence-corrected chi connectivity index (χ2v) is 5.66. The van der Waals surface area contributed by atoms with Gasteiger partial charge in [-0.1, -0.05) is 0 Å². The molecule has 0 fully saturated rings. The highest BCUT2D eigenvalue weighted by molar-refractivity contribution is 5.78. The first kappa shape index (κ1) is 16.7. The third-order valence-corrected chi connectivity index (χ3v) is 4.24. The molecule has 1 aromatic carbocycles. The SMILES string of the molecule is COC1=CC=C(n2c(-c3ccc(C#N)c(F)c3)nc(C=O)c2C)CC1. The van der Waals surface area contributed by atoms with Gasteiger partial charge in [0.15, 0.2) is 6.29 Å². The molecule has 1 aromatic heterocycles. The normalized spacial score (nSPS) is 13.7. The van der Waals surface area contributed by atoms with Gasteiger partial charge in [-0.15, -0.1) is 0 Å². The van der Waals surface area contributed by atoms with Crippen molar-refractivity contribution in [3.8, 4) is 17.5 Å². The lowest BCUT2D eigenvalue weighted by molar-refractivity contribution is 0.111. The van der Waals surface area contributed by atoms with Crippen LogP contribution in [0.25, 0.3) is 17.1 Å². The Morgan fingerprint density at radius 3 is 2.72 bits per heavy atom. The molecule has 25 heavy (non-hydrogen) atoms. The van der Waals surface area contributed by atoms with E-state index >= 15 is 0 Å². The molecule has 6 heteroatoms. The van der Waals surface area contributed by atoms with Crippen LogP contribution in [0.3, 0.4) is 0 Å². The number of nitrogens with zero attached hydrogens (tertiary/aromatic N) is 3. The number of benzene rings is 1. The predicted molar refractivity (Wildman–Crippen MR) is 91.1 cm³/mol. The first-order valence-corrected chi connectivity index (χ1v) is 7.77. The minimum Gasteiger partial charge on any atom is -0.501 e. The molecule has 0 radical (unpaired) electrons. The number of ether oxygens (including phenoxy) is 1. The molecule has 0 saturated carbocycles. The van der Waals surface area contributed by atoms with Crippen LogP contribution in [-0.4, -0.2) is 22.9 Å². The lowest BCUT2D eigenvalue weighted by Gasteiger charge is -2.18. The van der Waals surface area contributed by atoms with Crippen molar-refractivity contribution in [3.05, 3.63) is 58.9 Å². The summed E-state index contributed by atoms with van der Waals surface area (Å²) < 4.78 is 21.1. The van der Waals surface area contributed by atoms with Crippen LogP contribution in [0.4, 0.5) is 4.39 Å². The Morgan fingerprint density at radius 2 is 2.16 bits per heavy atom. The first-order valence-electron chi connectivity index (χ1n) is 7.77. The molecule has 0 amide bonds. The largest absolute Gasteiger partial charge is 0.501 e. The highest BCUT2D eigenvalue weighted by Crippen LogP contribution is 2.31. The molecule has 0 atom stereocenters. The number of hydrogen-bond donors (Lipinski definition) is 0. The molecule has 0 saturated heterocycles. The van der Waals surface area contributed by atoms with Crippen LogP contribution < -0.4 is 0 Å². The number of aldehydes is 1. The molecule has 0 aliphatic heterocycles. The van der Waals surface area contributed by atoms with E-state index in [2.05, 4.69) is 4.98 Å². The van der Waals surface area contributed by atoms with Crippen molar-refractivity contribution in [2.45, 2.75) is 19.8 Å². The van der Waals surface area contributed by atoms with Crippen LogP contribution in [0.5, 0.6) is 0 Å². The summed E-state index contributed by atoms with van der Waals surface area (Å²) in [5.41, 5.74) is 2.42. The number of aromatic nitrogens is 2. The van der Waals surface area contributed by atoms with Gasteiger partial charge >= 0.3 is 0 Å². The fourth-order valence-electron chi connectivity index (χ4n) is 2.88. The lowest BCUT2D eigenvalue weighted by Crippen LogP contribution is -2.06. The van der Waals surface area contributed by atoms with E-state index in [-0.39, 0.29) is 5.56 Å². The maximum atomic E-state index is 14.0. The highest BCUT2D eigenvalue weighted by atomic mass is 19.1. The average Bonchev–Trinajstić information content (AvgIpc) is 2.98. The third-order valence-electron chi connectivity index (χ3n) is 4.24. The molecule has 0 bridgehead atoms. The molecule has 1 heterocycles. The minimum atomic E-state index is -0.612. The number of halogens is 1. The van der Waals surface area contributed by atoms with Gasteiger partial charge in [0.1, 0.15) is 23.4 Å². The van der Waals surface area contributed by atoms with Gasteiger partial charge in [-0.2, -0.15) is 5.26 Å². The molecular weight excluding hydrogens is 321 g/mol. The summed E-state index contributed by atoms with van der Waals surface area (Å²) in [6.07, 6.45) is 5.92. The number of allylic oxidation sites excluding steroid dienone is 4. The fraction of sp³-hybridized carbons (Fsp3) is 0.211. The maximum absolute atomic E-state index is 14.0. The van der Waals surface area contributed by atoms with Gasteiger partial charge in [-0.05, 0) is 43.7 Å². The molecule has 0 spiro atoms. The van der Waals surface area contributed by atoms with Gasteiger partial charge in [-0.25, -0.2) is 9.37 Å². The molecule has 0 N–H and O–H groups in total. The van der Waals surface area contributed by atoms with E-state index in [9.17, 15) is 9.18 Å². The van der Waals surface area contributed by atoms with E-state index in [1.54, 1.807) is 26.2 Å². The van der Waals surface area contributed by atoms with E-state index in [1.165, 1.54) is 12.1 Å². The van der Waals surface area contributed by atoms with Crippen molar-refractivity contribution < 1.29 is 13.9 Å². The summed E-state index contributed by atoms with van der Waals surface area (Å²) >= 11 is 0. The standard InChI is InChI=1S/C19H16FN3O2/c1-12-18(11-24)22-19(13-3-4-14(10-21)17(20)9-13)23(12)15-5-7-16(25-2)8-6-15/h3-5,7,9,11H,6,8H2,1-2H3. The Hall–Kier alpha value is -3.20. The zero-order valence-corrected chi connectivity index (χ0v) is 13.9. The van der Waals surface area contributed by atoms with Crippen molar-refractivity contribution in [1.82, 2.24) is 9.55 Å². The number of rotatable bonds is 4. The van der Waals surface area contributed by atoms with Crippen LogP contribution >= 0.6 is 0 Å². The van der Waals surface area contributed by atoms with Crippen molar-refractivity contribution in [1.29, 1.82) is 5.26 Å². The second kappa shape index (κ2) is 6.73. The van der Waals surface area contributed by atoms with E-state index in [4.69, 9.17) is 10.00 Å². The number of hydrogen-bond acceptors (Lipinski definition) is 4. The number of imidazole rings is 1. The molecule has 2 aromatic rings. The monoisotopic (exact) mass is 337 g/mol. The quantitative estimate of drug-likeness (QED) is 0.795. The Morgan fingerprint density at radius 1 is 1.36 bits per heavy atom. The smallest absolute Gasteiger partial charge is 0.170 e. The Bertz CT molecular complexity index is 948. The van der Waals surface area contributed by atoms with Crippen molar-refractivity contribution in [3.63, 3.8) is 0 Å². The van der Waals surface area contributed by atoms with Crippen LogP contribution in [0.15, 0.2) is 36.1 Å². The van der Waals surface area contributed by atoms with E-state index in [1.807, 2.05) is 16.7 Å². The van der Waals surface area contributed by atoms with Gasteiger partial charge in [0, 0.05) is 17.7 Å². The van der Waals surface area contributed by atoms with Crippen LogP contribution in [0.1, 0.15) is 34.6 Å².